The summed E-state index contributed by atoms with van der Waals surface area (Å²) >= 11 is 1.40. The molecule has 4 rings (SSSR count). The summed E-state index contributed by atoms with van der Waals surface area (Å²) in [4.78, 5) is 31.8. The van der Waals surface area contributed by atoms with Gasteiger partial charge in [0.15, 0.2) is 5.13 Å². The van der Waals surface area contributed by atoms with Crippen molar-refractivity contribution in [3.05, 3.63) is 69.6 Å². The molecule has 9 heteroatoms. The van der Waals surface area contributed by atoms with E-state index in [1.54, 1.807) is 0 Å². The van der Waals surface area contributed by atoms with E-state index in [0.717, 1.165) is 25.3 Å². The van der Waals surface area contributed by atoms with Crippen molar-refractivity contribution in [2.45, 2.75) is 33.4 Å². The summed E-state index contributed by atoms with van der Waals surface area (Å²) < 4.78 is 6.87. The fraction of sp³-hybridized carbons (Fsp3) is 0.417. The average Bonchev–Trinajstić information content (AvgIpc) is 3.21. The van der Waals surface area contributed by atoms with Gasteiger partial charge >= 0.3 is 0 Å². The highest BCUT2D eigenvalue weighted by Gasteiger charge is 2.22. The number of benzene rings is 1. The fourth-order valence-corrected chi connectivity index (χ4v) is 4.94. The van der Waals surface area contributed by atoms with E-state index in [0.29, 0.717) is 22.7 Å². The molecule has 0 radical (unpaired) electrons. The fourth-order valence-electron chi connectivity index (χ4n) is 4.25. The van der Waals surface area contributed by atoms with Crippen LogP contribution in [0.1, 0.15) is 36.5 Å². The lowest BCUT2D eigenvalue weighted by Crippen LogP contribution is -2.38. The maximum absolute atomic E-state index is 12.7. The van der Waals surface area contributed by atoms with Gasteiger partial charge in [-0.2, -0.15) is 5.10 Å². The first-order valence-electron chi connectivity index (χ1n) is 11.2. The monoisotopic (exact) mass is 467 g/mol. The van der Waals surface area contributed by atoms with Crippen LogP contribution < -0.4 is 15.6 Å². The third-order valence-electron chi connectivity index (χ3n) is 5.52. The Balaban J connectivity index is 1.34. The number of nitrogens with one attached hydrogen (secondary N) is 1. The van der Waals surface area contributed by atoms with Gasteiger partial charge < -0.3 is 4.74 Å². The molecule has 0 spiro atoms. The minimum absolute atomic E-state index is 0.157. The second-order valence-corrected chi connectivity index (χ2v) is 9.54. The van der Waals surface area contributed by atoms with Crippen molar-refractivity contribution in [3.63, 3.8) is 0 Å². The van der Waals surface area contributed by atoms with Gasteiger partial charge in [0.1, 0.15) is 18.1 Å². The van der Waals surface area contributed by atoms with Crippen LogP contribution in [0.15, 0.2) is 52.6 Å². The normalized spacial score (nSPS) is 18.7. The largest absolute Gasteiger partial charge is 0.492 e. The van der Waals surface area contributed by atoms with Gasteiger partial charge in [-0.05, 0) is 36.5 Å². The Morgan fingerprint density at radius 3 is 2.67 bits per heavy atom. The zero-order chi connectivity index (χ0) is 23.2. The molecule has 0 bridgehead atoms. The van der Waals surface area contributed by atoms with E-state index in [9.17, 15) is 9.59 Å². The molecule has 174 valence electrons. The number of thiazole rings is 1. The zero-order valence-electron chi connectivity index (χ0n) is 18.9. The number of nitrogens with zero attached hydrogens (tertiary/aromatic N) is 4. The van der Waals surface area contributed by atoms with Crippen molar-refractivity contribution >= 4 is 22.4 Å². The zero-order valence-corrected chi connectivity index (χ0v) is 19.8. The molecule has 3 aromatic rings. The second-order valence-electron chi connectivity index (χ2n) is 8.68. The third kappa shape index (κ3) is 6.49. The standard InChI is InChI=1S/C24H29N5O3S/c1-17-12-18(2)14-28(13-17)15-19-16-33-24(25-19)26-23(31)21-8-9-22(30)29(27-21)10-11-32-20-6-4-3-5-7-20/h3-9,16-18H,10-15H2,1-2H3,(H,25,26,31). The number of rotatable bonds is 8. The van der Waals surface area contributed by atoms with Gasteiger partial charge in [0.2, 0.25) is 0 Å². The lowest BCUT2D eigenvalue weighted by molar-refractivity contribution is 0.101. The number of hydrogen-bond donors (Lipinski definition) is 1. The number of piperidine rings is 1. The molecule has 1 saturated heterocycles. The summed E-state index contributed by atoms with van der Waals surface area (Å²) in [6, 6.07) is 12.1. The molecule has 1 aliphatic rings. The van der Waals surface area contributed by atoms with E-state index in [2.05, 4.69) is 34.1 Å². The van der Waals surface area contributed by atoms with E-state index < -0.39 is 5.91 Å². The first-order valence-corrected chi connectivity index (χ1v) is 12.1. The maximum atomic E-state index is 12.7. The molecule has 2 unspecified atom stereocenters. The molecule has 2 atom stereocenters. The van der Waals surface area contributed by atoms with Crippen LogP contribution in [0.25, 0.3) is 0 Å². The van der Waals surface area contributed by atoms with Gasteiger partial charge in [0, 0.05) is 31.1 Å². The van der Waals surface area contributed by atoms with Gasteiger partial charge in [0.25, 0.3) is 11.5 Å². The third-order valence-corrected chi connectivity index (χ3v) is 6.32. The SMILES string of the molecule is CC1CC(C)CN(Cc2csc(NC(=O)c3ccc(=O)n(CCOc4ccccc4)n3)n2)C1. The van der Waals surface area contributed by atoms with Crippen LogP contribution in [0.3, 0.4) is 0 Å². The van der Waals surface area contributed by atoms with Crippen molar-refractivity contribution in [1.29, 1.82) is 0 Å². The van der Waals surface area contributed by atoms with E-state index in [-0.39, 0.29) is 24.4 Å². The Hall–Kier alpha value is -3.04. The molecule has 2 aromatic heterocycles. The van der Waals surface area contributed by atoms with Crippen LogP contribution >= 0.6 is 11.3 Å². The highest BCUT2D eigenvalue weighted by molar-refractivity contribution is 7.13. The van der Waals surface area contributed by atoms with Crippen LogP contribution in [0, 0.1) is 11.8 Å². The minimum Gasteiger partial charge on any atom is -0.492 e. The average molecular weight is 468 g/mol. The Labute approximate surface area is 197 Å². The molecule has 3 heterocycles. The maximum Gasteiger partial charge on any atom is 0.277 e. The molecule has 1 N–H and O–H groups in total. The summed E-state index contributed by atoms with van der Waals surface area (Å²) in [6.45, 7) is 8.01. The van der Waals surface area contributed by atoms with Crippen molar-refractivity contribution in [1.82, 2.24) is 19.7 Å². The predicted octanol–water partition coefficient (Wildman–Crippen LogP) is 3.51. The van der Waals surface area contributed by atoms with E-state index >= 15 is 0 Å². The number of ether oxygens (including phenoxy) is 1. The second kappa shape index (κ2) is 10.7. The number of likely N-dealkylation sites (tertiary alicyclic amines) is 1. The van der Waals surface area contributed by atoms with Gasteiger partial charge in [-0.25, -0.2) is 9.67 Å². The number of anilines is 1. The number of amides is 1. The summed E-state index contributed by atoms with van der Waals surface area (Å²) in [6.07, 6.45) is 1.27. The molecular formula is C24H29N5O3S. The van der Waals surface area contributed by atoms with Gasteiger partial charge in [-0.3, -0.25) is 19.8 Å². The molecule has 8 nitrogen and oxygen atoms in total. The number of aromatic nitrogens is 3. The molecule has 0 aliphatic carbocycles. The van der Waals surface area contributed by atoms with Crippen LogP contribution in [0.5, 0.6) is 5.75 Å². The quantitative estimate of drug-likeness (QED) is 0.545. The first-order chi connectivity index (χ1) is 16.0. The Bertz CT molecular complexity index is 1120. The van der Waals surface area contributed by atoms with Crippen LogP contribution in [0.4, 0.5) is 5.13 Å². The smallest absolute Gasteiger partial charge is 0.277 e. The van der Waals surface area contributed by atoms with E-state index in [1.807, 2.05) is 35.7 Å². The van der Waals surface area contributed by atoms with E-state index in [1.165, 1.54) is 34.6 Å². The predicted molar refractivity (Wildman–Crippen MR) is 129 cm³/mol. The molecular weight excluding hydrogens is 438 g/mol. The van der Waals surface area contributed by atoms with Gasteiger partial charge in [-0.1, -0.05) is 32.0 Å². The summed E-state index contributed by atoms with van der Waals surface area (Å²) in [5.41, 5.74) is 0.821. The van der Waals surface area contributed by atoms with Crippen molar-refractivity contribution < 1.29 is 9.53 Å². The number of carbonyl (C=O) groups is 1. The highest BCUT2D eigenvalue weighted by Crippen LogP contribution is 2.24. The first kappa shape index (κ1) is 23.1. The minimum atomic E-state index is -0.395. The van der Waals surface area contributed by atoms with Crippen LogP contribution in [-0.4, -0.2) is 45.3 Å². The number of carbonyl (C=O) groups excluding carboxylic acids is 1. The summed E-state index contributed by atoms with van der Waals surface area (Å²) in [5, 5.41) is 9.51. The topological polar surface area (TPSA) is 89.4 Å². The molecule has 33 heavy (non-hydrogen) atoms. The van der Waals surface area contributed by atoms with Crippen molar-refractivity contribution in [2.75, 3.05) is 25.0 Å². The van der Waals surface area contributed by atoms with Gasteiger partial charge in [-0.15, -0.1) is 11.3 Å². The lowest BCUT2D eigenvalue weighted by atomic mass is 9.92. The van der Waals surface area contributed by atoms with Crippen LogP contribution in [0.2, 0.25) is 0 Å². The Kier molecular flexibility index (Phi) is 7.51. The Morgan fingerprint density at radius 1 is 1.15 bits per heavy atom. The van der Waals surface area contributed by atoms with E-state index in [4.69, 9.17) is 4.74 Å². The molecule has 0 saturated carbocycles. The molecule has 1 aliphatic heterocycles. The summed E-state index contributed by atoms with van der Waals surface area (Å²) in [7, 11) is 0. The van der Waals surface area contributed by atoms with Crippen molar-refractivity contribution in [3.8, 4) is 5.75 Å². The number of hydrogen-bond acceptors (Lipinski definition) is 7. The molecule has 1 fully saturated rings. The summed E-state index contributed by atoms with van der Waals surface area (Å²) in [5.74, 6) is 1.69. The molecule has 1 amide bonds. The van der Waals surface area contributed by atoms with Crippen molar-refractivity contribution in [2.24, 2.45) is 11.8 Å². The molecule has 1 aromatic carbocycles. The highest BCUT2D eigenvalue weighted by atomic mass is 32.1. The van der Waals surface area contributed by atoms with Gasteiger partial charge in [0.05, 0.1) is 12.2 Å². The number of para-hydroxylation sites is 1. The van der Waals surface area contributed by atoms with Crippen LogP contribution in [-0.2, 0) is 13.1 Å². The lowest BCUT2D eigenvalue weighted by Gasteiger charge is -2.34. The Morgan fingerprint density at radius 2 is 1.91 bits per heavy atom.